The van der Waals surface area contributed by atoms with Crippen molar-refractivity contribution >= 4 is 23.5 Å². The van der Waals surface area contributed by atoms with E-state index in [0.29, 0.717) is 10.8 Å². The molecular formula is C12H14ClNO5. The van der Waals surface area contributed by atoms with Crippen LogP contribution in [0.5, 0.6) is 5.75 Å². The Bertz CT molecular complexity index is 434. The van der Waals surface area contributed by atoms with Crippen LogP contribution in [0.3, 0.4) is 0 Å². The topological polar surface area (TPSA) is 95.9 Å². The first-order chi connectivity index (χ1) is 8.99. The van der Waals surface area contributed by atoms with Crippen molar-refractivity contribution in [1.29, 1.82) is 0 Å². The highest BCUT2D eigenvalue weighted by Crippen LogP contribution is 2.15. The van der Waals surface area contributed by atoms with Crippen molar-refractivity contribution in [2.45, 2.75) is 12.5 Å². The van der Waals surface area contributed by atoms with Gasteiger partial charge in [0.15, 0.2) is 12.7 Å². The molecule has 1 aromatic carbocycles. The van der Waals surface area contributed by atoms with E-state index in [2.05, 4.69) is 5.32 Å². The molecule has 0 radical (unpaired) electrons. The summed E-state index contributed by atoms with van der Waals surface area (Å²) in [5.41, 5.74) is 0. The zero-order chi connectivity index (χ0) is 14.3. The quantitative estimate of drug-likeness (QED) is 0.685. The predicted octanol–water partition coefficient (Wildman–Crippen LogP) is 0.671. The van der Waals surface area contributed by atoms with Crippen LogP contribution in [-0.2, 0) is 9.59 Å². The number of carbonyl (C=O) groups excluding carboxylic acids is 1. The third kappa shape index (κ3) is 6.08. The third-order valence-corrected chi connectivity index (χ3v) is 2.46. The molecule has 1 aromatic rings. The number of ether oxygens (including phenoxy) is 1. The van der Waals surface area contributed by atoms with Gasteiger partial charge in [-0.15, -0.1) is 0 Å². The molecule has 0 heterocycles. The summed E-state index contributed by atoms with van der Waals surface area (Å²) in [6.45, 7) is -0.124. The molecule has 0 bridgehead atoms. The largest absolute Gasteiger partial charge is 0.484 e. The summed E-state index contributed by atoms with van der Waals surface area (Å²) in [4.78, 5) is 21.7. The van der Waals surface area contributed by atoms with Gasteiger partial charge in [0.2, 0.25) is 0 Å². The number of aliphatic hydroxyl groups is 1. The van der Waals surface area contributed by atoms with Gasteiger partial charge in [0.25, 0.3) is 5.91 Å². The maximum Gasteiger partial charge on any atom is 0.332 e. The Morgan fingerprint density at radius 2 is 1.95 bits per heavy atom. The molecule has 1 rings (SSSR count). The first-order valence-electron chi connectivity index (χ1n) is 5.55. The van der Waals surface area contributed by atoms with Gasteiger partial charge in [-0.05, 0) is 24.3 Å². The molecule has 19 heavy (non-hydrogen) atoms. The molecular weight excluding hydrogens is 274 g/mol. The normalized spacial score (nSPS) is 11.7. The number of aliphatic carboxylic acids is 1. The van der Waals surface area contributed by atoms with Gasteiger partial charge < -0.3 is 20.3 Å². The van der Waals surface area contributed by atoms with E-state index in [0.717, 1.165) is 0 Å². The van der Waals surface area contributed by atoms with E-state index in [1.54, 1.807) is 24.3 Å². The number of carboxylic acids is 1. The van der Waals surface area contributed by atoms with Gasteiger partial charge in [-0.1, -0.05) is 11.6 Å². The van der Waals surface area contributed by atoms with Gasteiger partial charge in [-0.25, -0.2) is 4.79 Å². The molecule has 0 aliphatic rings. The number of carboxylic acid groups (broad SMARTS) is 1. The van der Waals surface area contributed by atoms with Crippen molar-refractivity contribution in [1.82, 2.24) is 5.32 Å². The fraction of sp³-hybridized carbons (Fsp3) is 0.333. The van der Waals surface area contributed by atoms with Crippen LogP contribution >= 0.6 is 11.6 Å². The molecule has 1 atom stereocenters. The van der Waals surface area contributed by atoms with Gasteiger partial charge in [0.05, 0.1) is 0 Å². The van der Waals surface area contributed by atoms with E-state index in [-0.39, 0.29) is 19.6 Å². The van der Waals surface area contributed by atoms with Gasteiger partial charge in [-0.2, -0.15) is 0 Å². The Morgan fingerprint density at radius 1 is 1.32 bits per heavy atom. The predicted molar refractivity (Wildman–Crippen MR) is 68.2 cm³/mol. The number of hydrogen-bond donors (Lipinski definition) is 3. The maximum absolute atomic E-state index is 11.3. The smallest absolute Gasteiger partial charge is 0.332 e. The van der Waals surface area contributed by atoms with E-state index in [1.807, 2.05) is 0 Å². The molecule has 0 saturated carbocycles. The van der Waals surface area contributed by atoms with Crippen molar-refractivity contribution in [3.8, 4) is 5.75 Å². The van der Waals surface area contributed by atoms with Crippen molar-refractivity contribution in [2.24, 2.45) is 0 Å². The Hall–Kier alpha value is -1.79. The zero-order valence-electron chi connectivity index (χ0n) is 10.0. The number of aliphatic hydroxyl groups excluding tert-OH is 1. The molecule has 0 unspecified atom stereocenters. The van der Waals surface area contributed by atoms with Crippen molar-refractivity contribution in [2.75, 3.05) is 13.2 Å². The highest BCUT2D eigenvalue weighted by Gasteiger charge is 2.12. The molecule has 0 aliphatic carbocycles. The summed E-state index contributed by atoms with van der Waals surface area (Å²) >= 11 is 5.69. The maximum atomic E-state index is 11.3. The lowest BCUT2D eigenvalue weighted by atomic mass is 10.2. The molecule has 1 amide bonds. The third-order valence-electron chi connectivity index (χ3n) is 2.21. The number of benzene rings is 1. The summed E-state index contributed by atoms with van der Waals surface area (Å²) in [7, 11) is 0. The second-order valence-electron chi connectivity index (χ2n) is 3.74. The second-order valence-corrected chi connectivity index (χ2v) is 4.17. The Morgan fingerprint density at radius 3 is 2.53 bits per heavy atom. The fourth-order valence-electron chi connectivity index (χ4n) is 1.20. The molecule has 6 nitrogen and oxygen atoms in total. The highest BCUT2D eigenvalue weighted by atomic mass is 35.5. The van der Waals surface area contributed by atoms with Crippen LogP contribution in [-0.4, -0.2) is 41.3 Å². The number of hydrogen-bond acceptors (Lipinski definition) is 4. The van der Waals surface area contributed by atoms with Crippen LogP contribution in [0.15, 0.2) is 24.3 Å². The standard InChI is InChI=1S/C12H14ClNO5/c13-8-1-3-9(4-2-8)19-7-11(16)14-6-5-10(15)12(17)18/h1-4,10,15H,5-7H2,(H,14,16)(H,17,18)/t10-/m0/s1. The Kier molecular flexibility index (Phi) is 6.11. The number of halogens is 1. The first-order valence-corrected chi connectivity index (χ1v) is 5.93. The molecule has 0 aromatic heterocycles. The number of nitrogens with one attached hydrogen (secondary N) is 1. The second kappa shape index (κ2) is 7.60. The number of carbonyl (C=O) groups is 2. The molecule has 0 spiro atoms. The minimum absolute atomic E-state index is 0.0536. The van der Waals surface area contributed by atoms with E-state index in [1.165, 1.54) is 0 Å². The van der Waals surface area contributed by atoms with Crippen molar-refractivity contribution in [3.05, 3.63) is 29.3 Å². The van der Waals surface area contributed by atoms with Gasteiger partial charge in [0.1, 0.15) is 5.75 Å². The lowest BCUT2D eigenvalue weighted by Gasteiger charge is -2.08. The average molecular weight is 288 g/mol. The van der Waals surface area contributed by atoms with Crippen LogP contribution in [0.2, 0.25) is 5.02 Å². The Balaban J connectivity index is 2.21. The average Bonchev–Trinajstić information content (AvgIpc) is 2.37. The first kappa shape index (κ1) is 15.3. The van der Waals surface area contributed by atoms with Gasteiger partial charge in [-0.3, -0.25) is 4.79 Å². The van der Waals surface area contributed by atoms with Crippen molar-refractivity contribution < 1.29 is 24.5 Å². The molecule has 0 saturated heterocycles. The van der Waals surface area contributed by atoms with Crippen molar-refractivity contribution in [3.63, 3.8) is 0 Å². The van der Waals surface area contributed by atoms with E-state index in [9.17, 15) is 9.59 Å². The molecule has 0 fully saturated rings. The monoisotopic (exact) mass is 287 g/mol. The van der Waals surface area contributed by atoms with E-state index in [4.69, 9.17) is 26.6 Å². The number of rotatable bonds is 7. The summed E-state index contributed by atoms with van der Waals surface area (Å²) in [6, 6.07) is 6.53. The van der Waals surface area contributed by atoms with E-state index >= 15 is 0 Å². The fourth-order valence-corrected chi connectivity index (χ4v) is 1.33. The summed E-state index contributed by atoms with van der Waals surface area (Å²) in [5.74, 6) is -1.20. The van der Waals surface area contributed by atoms with Crippen LogP contribution in [0.4, 0.5) is 0 Å². The molecule has 104 valence electrons. The highest BCUT2D eigenvalue weighted by molar-refractivity contribution is 6.30. The molecule has 3 N–H and O–H groups in total. The minimum Gasteiger partial charge on any atom is -0.484 e. The lowest BCUT2D eigenvalue weighted by Crippen LogP contribution is -2.33. The number of amides is 1. The van der Waals surface area contributed by atoms with Gasteiger partial charge in [0, 0.05) is 18.0 Å². The van der Waals surface area contributed by atoms with Crippen LogP contribution in [0.1, 0.15) is 6.42 Å². The molecule has 0 aliphatic heterocycles. The minimum atomic E-state index is -1.47. The zero-order valence-corrected chi connectivity index (χ0v) is 10.8. The van der Waals surface area contributed by atoms with Crippen LogP contribution in [0, 0.1) is 0 Å². The van der Waals surface area contributed by atoms with E-state index < -0.39 is 18.0 Å². The van der Waals surface area contributed by atoms with Crippen LogP contribution in [0.25, 0.3) is 0 Å². The lowest BCUT2D eigenvalue weighted by molar-refractivity contribution is -0.147. The van der Waals surface area contributed by atoms with Gasteiger partial charge >= 0.3 is 5.97 Å². The molecule has 7 heteroatoms. The SMILES string of the molecule is O=C(COc1ccc(Cl)cc1)NCC[C@H](O)C(=O)O. The summed E-state index contributed by atoms with van der Waals surface area (Å²) < 4.78 is 5.18. The summed E-state index contributed by atoms with van der Waals surface area (Å²) in [6.07, 6.45) is -1.53. The summed E-state index contributed by atoms with van der Waals surface area (Å²) in [5, 5.41) is 20.4. The van der Waals surface area contributed by atoms with Crippen LogP contribution < -0.4 is 10.1 Å². The Labute approximate surface area is 114 Å².